The third-order valence-electron chi connectivity index (χ3n) is 3.13. The van der Waals surface area contributed by atoms with Crippen LogP contribution in [0.25, 0.3) is 11.3 Å². The molecular formula is C15H16N4O. The fourth-order valence-corrected chi connectivity index (χ4v) is 1.93. The van der Waals surface area contributed by atoms with Crippen molar-refractivity contribution >= 4 is 5.82 Å². The Morgan fingerprint density at radius 2 is 1.90 bits per heavy atom. The summed E-state index contributed by atoms with van der Waals surface area (Å²) < 4.78 is 5.36. The molecule has 5 heteroatoms. The minimum absolute atomic E-state index is 0.558. The smallest absolute Gasteiger partial charge is 0.152 e. The number of benzene rings is 1. The predicted octanol–water partition coefficient (Wildman–Crippen LogP) is 2.68. The fraction of sp³-hybridized carbons (Fsp3) is 0.267. The number of rotatable bonds is 3. The largest absolute Gasteiger partial charge is 0.496 e. The molecule has 0 amide bonds. The molecule has 20 heavy (non-hydrogen) atoms. The minimum Gasteiger partial charge on any atom is -0.496 e. The predicted molar refractivity (Wildman–Crippen MR) is 77.8 cm³/mol. The number of aryl methyl sites for hydroxylation is 2. The lowest BCUT2D eigenvalue weighted by molar-refractivity contribution is 0.416. The SMILES string of the molecule is CNc1nc(C)c(C)nc1-c1cc(C#N)ccc1OC. The molecule has 0 saturated heterocycles. The molecule has 0 fully saturated rings. The molecule has 1 aromatic carbocycles. The van der Waals surface area contributed by atoms with Gasteiger partial charge in [-0.25, -0.2) is 9.97 Å². The van der Waals surface area contributed by atoms with E-state index < -0.39 is 0 Å². The molecule has 5 nitrogen and oxygen atoms in total. The van der Waals surface area contributed by atoms with Crippen LogP contribution >= 0.6 is 0 Å². The number of nitriles is 1. The van der Waals surface area contributed by atoms with Gasteiger partial charge in [-0.2, -0.15) is 5.26 Å². The molecule has 0 aliphatic carbocycles. The highest BCUT2D eigenvalue weighted by Crippen LogP contribution is 2.33. The van der Waals surface area contributed by atoms with Crippen molar-refractivity contribution < 1.29 is 4.74 Å². The Bertz CT molecular complexity index is 689. The van der Waals surface area contributed by atoms with Gasteiger partial charge in [0.1, 0.15) is 11.4 Å². The van der Waals surface area contributed by atoms with Crippen LogP contribution in [0, 0.1) is 25.2 Å². The Hall–Kier alpha value is -2.61. The number of methoxy groups -OCH3 is 1. The summed E-state index contributed by atoms with van der Waals surface area (Å²) in [4.78, 5) is 9.07. The van der Waals surface area contributed by atoms with Gasteiger partial charge >= 0.3 is 0 Å². The highest BCUT2D eigenvalue weighted by molar-refractivity contribution is 5.77. The van der Waals surface area contributed by atoms with Crippen LogP contribution in [0.4, 0.5) is 5.82 Å². The van der Waals surface area contributed by atoms with Crippen LogP contribution in [0.2, 0.25) is 0 Å². The zero-order chi connectivity index (χ0) is 14.7. The molecule has 0 bridgehead atoms. The maximum Gasteiger partial charge on any atom is 0.152 e. The number of anilines is 1. The van der Waals surface area contributed by atoms with E-state index in [1.165, 1.54) is 0 Å². The molecule has 2 rings (SSSR count). The molecule has 0 aliphatic heterocycles. The molecule has 0 aliphatic rings. The van der Waals surface area contributed by atoms with Gasteiger partial charge in [-0.3, -0.25) is 0 Å². The van der Waals surface area contributed by atoms with Crippen LogP contribution in [-0.4, -0.2) is 24.1 Å². The quantitative estimate of drug-likeness (QED) is 0.926. The lowest BCUT2D eigenvalue weighted by Gasteiger charge is -2.13. The molecule has 1 aromatic heterocycles. The Morgan fingerprint density at radius 1 is 1.20 bits per heavy atom. The summed E-state index contributed by atoms with van der Waals surface area (Å²) in [6.07, 6.45) is 0. The first-order valence-electron chi connectivity index (χ1n) is 6.22. The van der Waals surface area contributed by atoms with Crippen molar-refractivity contribution in [1.29, 1.82) is 5.26 Å². The van der Waals surface area contributed by atoms with Gasteiger partial charge in [0, 0.05) is 12.6 Å². The minimum atomic E-state index is 0.558. The second kappa shape index (κ2) is 5.57. The van der Waals surface area contributed by atoms with Crippen LogP contribution < -0.4 is 10.1 Å². The molecule has 0 atom stereocenters. The Morgan fingerprint density at radius 3 is 2.50 bits per heavy atom. The molecule has 102 valence electrons. The van der Waals surface area contributed by atoms with Gasteiger partial charge in [-0.15, -0.1) is 0 Å². The van der Waals surface area contributed by atoms with Crippen LogP contribution in [-0.2, 0) is 0 Å². The Kier molecular flexibility index (Phi) is 3.85. The van der Waals surface area contributed by atoms with Gasteiger partial charge in [0.25, 0.3) is 0 Å². The molecule has 0 radical (unpaired) electrons. The van der Waals surface area contributed by atoms with E-state index >= 15 is 0 Å². The standard InChI is InChI=1S/C15H16N4O/c1-9-10(2)19-15(17-3)14(18-9)12-7-11(8-16)5-6-13(12)20-4/h5-7H,1-4H3,(H,17,19). The van der Waals surface area contributed by atoms with E-state index in [9.17, 15) is 0 Å². The van der Waals surface area contributed by atoms with Crippen molar-refractivity contribution in [3.05, 3.63) is 35.2 Å². The Labute approximate surface area is 118 Å². The van der Waals surface area contributed by atoms with Gasteiger partial charge in [-0.1, -0.05) is 0 Å². The number of nitrogens with one attached hydrogen (secondary N) is 1. The van der Waals surface area contributed by atoms with Gasteiger partial charge in [0.15, 0.2) is 5.82 Å². The molecule has 1 heterocycles. The van der Waals surface area contributed by atoms with Crippen LogP contribution in [0.1, 0.15) is 17.0 Å². The average molecular weight is 268 g/mol. The third kappa shape index (κ3) is 2.41. The van der Waals surface area contributed by atoms with E-state index in [4.69, 9.17) is 10.00 Å². The lowest BCUT2D eigenvalue weighted by Crippen LogP contribution is -2.03. The molecular weight excluding hydrogens is 252 g/mol. The first-order valence-corrected chi connectivity index (χ1v) is 6.22. The van der Waals surface area contributed by atoms with Gasteiger partial charge < -0.3 is 10.1 Å². The van der Waals surface area contributed by atoms with Crippen molar-refractivity contribution in [3.63, 3.8) is 0 Å². The second-order valence-electron chi connectivity index (χ2n) is 4.37. The normalized spacial score (nSPS) is 9.95. The zero-order valence-corrected chi connectivity index (χ0v) is 12.0. The van der Waals surface area contributed by atoms with Crippen molar-refractivity contribution in [2.45, 2.75) is 13.8 Å². The van der Waals surface area contributed by atoms with Crippen molar-refractivity contribution in [3.8, 4) is 23.1 Å². The third-order valence-corrected chi connectivity index (χ3v) is 3.13. The maximum atomic E-state index is 9.06. The number of aromatic nitrogens is 2. The highest BCUT2D eigenvalue weighted by atomic mass is 16.5. The summed E-state index contributed by atoms with van der Waals surface area (Å²) in [5.41, 5.74) is 3.72. The summed E-state index contributed by atoms with van der Waals surface area (Å²) in [6.45, 7) is 3.82. The van der Waals surface area contributed by atoms with Crippen LogP contribution in [0.5, 0.6) is 5.75 Å². The summed E-state index contributed by atoms with van der Waals surface area (Å²) in [5, 5.41) is 12.1. The fourth-order valence-electron chi connectivity index (χ4n) is 1.93. The zero-order valence-electron chi connectivity index (χ0n) is 12.0. The molecule has 0 spiro atoms. The van der Waals surface area contributed by atoms with Crippen LogP contribution in [0.15, 0.2) is 18.2 Å². The first-order chi connectivity index (χ1) is 9.60. The molecule has 0 unspecified atom stereocenters. The van der Waals surface area contributed by atoms with E-state index in [-0.39, 0.29) is 0 Å². The van der Waals surface area contributed by atoms with E-state index in [1.807, 2.05) is 13.8 Å². The van der Waals surface area contributed by atoms with Crippen molar-refractivity contribution in [1.82, 2.24) is 9.97 Å². The molecule has 0 saturated carbocycles. The van der Waals surface area contributed by atoms with Gasteiger partial charge in [0.05, 0.1) is 30.1 Å². The number of hydrogen-bond acceptors (Lipinski definition) is 5. The summed E-state index contributed by atoms with van der Waals surface area (Å²) in [6, 6.07) is 7.38. The highest BCUT2D eigenvalue weighted by Gasteiger charge is 2.15. The lowest BCUT2D eigenvalue weighted by atomic mass is 10.1. The molecule has 2 aromatic rings. The van der Waals surface area contributed by atoms with E-state index in [0.717, 1.165) is 17.0 Å². The first kappa shape index (κ1) is 13.8. The average Bonchev–Trinajstić information content (AvgIpc) is 2.48. The van der Waals surface area contributed by atoms with Gasteiger partial charge in [-0.05, 0) is 32.0 Å². The van der Waals surface area contributed by atoms with E-state index in [2.05, 4.69) is 21.4 Å². The van der Waals surface area contributed by atoms with Crippen molar-refractivity contribution in [2.75, 3.05) is 19.5 Å². The summed E-state index contributed by atoms with van der Waals surface area (Å²) >= 11 is 0. The molecule has 1 N–H and O–H groups in total. The Balaban J connectivity index is 2.73. The van der Waals surface area contributed by atoms with Crippen molar-refractivity contribution in [2.24, 2.45) is 0 Å². The monoisotopic (exact) mass is 268 g/mol. The number of ether oxygens (including phenoxy) is 1. The van der Waals surface area contributed by atoms with Crippen LogP contribution in [0.3, 0.4) is 0 Å². The summed E-state index contributed by atoms with van der Waals surface area (Å²) in [5.74, 6) is 1.33. The number of hydrogen-bond donors (Lipinski definition) is 1. The topological polar surface area (TPSA) is 70.8 Å². The maximum absolute atomic E-state index is 9.06. The second-order valence-corrected chi connectivity index (χ2v) is 4.37. The van der Waals surface area contributed by atoms with E-state index in [0.29, 0.717) is 22.8 Å². The summed E-state index contributed by atoms with van der Waals surface area (Å²) in [7, 11) is 3.39. The number of nitrogens with zero attached hydrogens (tertiary/aromatic N) is 3. The van der Waals surface area contributed by atoms with Gasteiger partial charge in [0.2, 0.25) is 0 Å². The van der Waals surface area contributed by atoms with E-state index in [1.54, 1.807) is 32.4 Å².